The van der Waals surface area contributed by atoms with Crippen LogP contribution in [0.5, 0.6) is 0 Å². The standard InChI is InChI=1S/C10H22O2S/c1-10(8-12)9-13-7-5-3-2-4-6-11/h10-12H,2-9H2,1H3/t10-/m0/s1. The highest BCUT2D eigenvalue weighted by molar-refractivity contribution is 7.99. The Morgan fingerprint density at radius 1 is 1.08 bits per heavy atom. The molecule has 0 aromatic rings. The van der Waals surface area contributed by atoms with Gasteiger partial charge in [-0.2, -0.15) is 11.8 Å². The highest BCUT2D eigenvalue weighted by Crippen LogP contribution is 2.11. The van der Waals surface area contributed by atoms with Gasteiger partial charge in [0.2, 0.25) is 0 Å². The number of unbranched alkanes of at least 4 members (excludes halogenated alkanes) is 3. The maximum absolute atomic E-state index is 8.77. The van der Waals surface area contributed by atoms with E-state index in [1.807, 2.05) is 11.8 Å². The van der Waals surface area contributed by atoms with Crippen molar-refractivity contribution in [3.8, 4) is 0 Å². The van der Waals surface area contributed by atoms with Gasteiger partial charge in [0.15, 0.2) is 0 Å². The lowest BCUT2D eigenvalue weighted by Crippen LogP contribution is -2.03. The molecule has 0 heterocycles. The number of aliphatic hydroxyl groups excluding tert-OH is 2. The number of rotatable bonds is 9. The fourth-order valence-electron chi connectivity index (χ4n) is 1.01. The maximum atomic E-state index is 8.77. The zero-order valence-corrected chi connectivity index (χ0v) is 9.35. The van der Waals surface area contributed by atoms with Crippen LogP contribution in [0, 0.1) is 5.92 Å². The second kappa shape index (κ2) is 10.4. The van der Waals surface area contributed by atoms with Crippen molar-refractivity contribution in [2.75, 3.05) is 24.7 Å². The fourth-order valence-corrected chi connectivity index (χ4v) is 2.09. The molecule has 0 saturated heterocycles. The largest absolute Gasteiger partial charge is 0.396 e. The lowest BCUT2D eigenvalue weighted by Gasteiger charge is -2.06. The summed E-state index contributed by atoms with van der Waals surface area (Å²) >= 11 is 1.92. The molecular formula is C10H22O2S. The summed E-state index contributed by atoms with van der Waals surface area (Å²) in [5, 5.41) is 17.3. The molecule has 80 valence electrons. The molecule has 0 fully saturated rings. The van der Waals surface area contributed by atoms with Gasteiger partial charge in [-0.3, -0.25) is 0 Å². The smallest absolute Gasteiger partial charge is 0.0464 e. The molecule has 0 bridgehead atoms. The molecule has 0 radical (unpaired) electrons. The van der Waals surface area contributed by atoms with Crippen molar-refractivity contribution in [1.29, 1.82) is 0 Å². The Labute approximate surface area is 85.7 Å². The number of aliphatic hydroxyl groups is 2. The molecule has 0 saturated carbocycles. The summed E-state index contributed by atoms with van der Waals surface area (Å²) < 4.78 is 0. The summed E-state index contributed by atoms with van der Waals surface area (Å²) in [4.78, 5) is 0. The third-order valence-electron chi connectivity index (χ3n) is 1.91. The van der Waals surface area contributed by atoms with Crippen LogP contribution < -0.4 is 0 Å². The zero-order valence-electron chi connectivity index (χ0n) is 8.54. The SMILES string of the molecule is C[C@@H](CO)CSCCCCCCO. The van der Waals surface area contributed by atoms with Crippen molar-refractivity contribution >= 4 is 11.8 Å². The third-order valence-corrected chi connectivity index (χ3v) is 3.29. The Bertz CT molecular complexity index is 98.9. The van der Waals surface area contributed by atoms with E-state index in [2.05, 4.69) is 6.92 Å². The van der Waals surface area contributed by atoms with E-state index in [9.17, 15) is 0 Å². The molecule has 0 rings (SSSR count). The van der Waals surface area contributed by atoms with Crippen molar-refractivity contribution < 1.29 is 10.2 Å². The Morgan fingerprint density at radius 2 is 1.77 bits per heavy atom. The minimum Gasteiger partial charge on any atom is -0.396 e. The van der Waals surface area contributed by atoms with E-state index in [1.54, 1.807) is 0 Å². The molecule has 2 N–H and O–H groups in total. The van der Waals surface area contributed by atoms with Gasteiger partial charge in [-0.1, -0.05) is 19.8 Å². The zero-order chi connectivity index (χ0) is 9.94. The summed E-state index contributed by atoms with van der Waals surface area (Å²) in [6.07, 6.45) is 4.55. The average molecular weight is 206 g/mol. The van der Waals surface area contributed by atoms with E-state index in [-0.39, 0.29) is 0 Å². The van der Waals surface area contributed by atoms with Crippen LogP contribution in [-0.4, -0.2) is 34.9 Å². The van der Waals surface area contributed by atoms with Crippen molar-refractivity contribution in [2.24, 2.45) is 5.92 Å². The third kappa shape index (κ3) is 10.2. The van der Waals surface area contributed by atoms with Crippen molar-refractivity contribution in [3.63, 3.8) is 0 Å². The molecular weight excluding hydrogens is 184 g/mol. The van der Waals surface area contributed by atoms with E-state index in [0.717, 1.165) is 18.6 Å². The first-order chi connectivity index (χ1) is 6.31. The first-order valence-electron chi connectivity index (χ1n) is 5.10. The highest BCUT2D eigenvalue weighted by Gasteiger charge is 1.98. The van der Waals surface area contributed by atoms with Gasteiger partial charge in [0, 0.05) is 13.2 Å². The van der Waals surface area contributed by atoms with Crippen LogP contribution in [0.2, 0.25) is 0 Å². The molecule has 3 heteroatoms. The van der Waals surface area contributed by atoms with Crippen LogP contribution in [0.25, 0.3) is 0 Å². The molecule has 0 aliphatic rings. The maximum Gasteiger partial charge on any atom is 0.0464 e. The molecule has 2 nitrogen and oxygen atoms in total. The molecule has 0 aliphatic carbocycles. The number of hydrogen-bond acceptors (Lipinski definition) is 3. The molecule has 0 aromatic carbocycles. The Hall–Kier alpha value is 0.270. The van der Waals surface area contributed by atoms with Crippen molar-refractivity contribution in [3.05, 3.63) is 0 Å². The van der Waals surface area contributed by atoms with Crippen LogP contribution >= 0.6 is 11.8 Å². The van der Waals surface area contributed by atoms with E-state index in [4.69, 9.17) is 10.2 Å². The number of hydrogen-bond donors (Lipinski definition) is 2. The molecule has 1 atom stereocenters. The summed E-state index contributed by atoms with van der Waals surface area (Å²) in [5.41, 5.74) is 0. The van der Waals surface area contributed by atoms with E-state index < -0.39 is 0 Å². The summed E-state index contributed by atoms with van der Waals surface area (Å²) in [7, 11) is 0. The molecule has 0 aliphatic heterocycles. The average Bonchev–Trinajstić information content (AvgIpc) is 2.16. The van der Waals surface area contributed by atoms with Gasteiger partial charge >= 0.3 is 0 Å². The molecule has 13 heavy (non-hydrogen) atoms. The van der Waals surface area contributed by atoms with Crippen molar-refractivity contribution in [1.82, 2.24) is 0 Å². The van der Waals surface area contributed by atoms with Gasteiger partial charge in [-0.25, -0.2) is 0 Å². The molecule has 0 spiro atoms. The Balaban J connectivity index is 2.91. The monoisotopic (exact) mass is 206 g/mol. The molecule has 0 amide bonds. The van der Waals surface area contributed by atoms with Gasteiger partial charge in [0.25, 0.3) is 0 Å². The second-order valence-electron chi connectivity index (χ2n) is 3.50. The first-order valence-corrected chi connectivity index (χ1v) is 6.26. The second-order valence-corrected chi connectivity index (χ2v) is 4.65. The van der Waals surface area contributed by atoms with Gasteiger partial charge < -0.3 is 10.2 Å². The highest BCUT2D eigenvalue weighted by atomic mass is 32.2. The Kier molecular flexibility index (Phi) is 10.6. The van der Waals surface area contributed by atoms with E-state index in [1.165, 1.54) is 18.6 Å². The lowest BCUT2D eigenvalue weighted by molar-refractivity contribution is 0.250. The lowest BCUT2D eigenvalue weighted by atomic mass is 10.2. The van der Waals surface area contributed by atoms with Gasteiger partial charge in [-0.05, 0) is 30.3 Å². The minimum atomic E-state index is 0.303. The van der Waals surface area contributed by atoms with Crippen LogP contribution in [-0.2, 0) is 0 Å². The normalized spacial score (nSPS) is 13.2. The summed E-state index contributed by atoms with van der Waals surface area (Å²) in [5.74, 6) is 2.69. The minimum absolute atomic E-state index is 0.303. The van der Waals surface area contributed by atoms with Crippen molar-refractivity contribution in [2.45, 2.75) is 32.6 Å². The number of thioether (sulfide) groups is 1. The van der Waals surface area contributed by atoms with Gasteiger partial charge in [-0.15, -0.1) is 0 Å². The van der Waals surface area contributed by atoms with Crippen LogP contribution in [0.3, 0.4) is 0 Å². The van der Waals surface area contributed by atoms with Gasteiger partial charge in [0.1, 0.15) is 0 Å². The topological polar surface area (TPSA) is 40.5 Å². The quantitative estimate of drug-likeness (QED) is 0.566. The summed E-state index contributed by atoms with van der Waals surface area (Å²) in [6, 6.07) is 0. The summed E-state index contributed by atoms with van der Waals surface area (Å²) in [6.45, 7) is 2.70. The first kappa shape index (κ1) is 13.3. The predicted molar refractivity (Wildman–Crippen MR) is 59.1 cm³/mol. The van der Waals surface area contributed by atoms with E-state index in [0.29, 0.717) is 19.1 Å². The Morgan fingerprint density at radius 3 is 2.38 bits per heavy atom. The predicted octanol–water partition coefficient (Wildman–Crippen LogP) is 1.90. The fraction of sp³-hybridized carbons (Fsp3) is 1.00. The molecule has 0 unspecified atom stereocenters. The molecule has 0 aromatic heterocycles. The van der Waals surface area contributed by atoms with Crippen LogP contribution in [0.15, 0.2) is 0 Å². The van der Waals surface area contributed by atoms with Crippen LogP contribution in [0.4, 0.5) is 0 Å². The van der Waals surface area contributed by atoms with Crippen LogP contribution in [0.1, 0.15) is 32.6 Å². The van der Waals surface area contributed by atoms with Gasteiger partial charge in [0.05, 0.1) is 0 Å². The van der Waals surface area contributed by atoms with E-state index >= 15 is 0 Å².